The van der Waals surface area contributed by atoms with Crippen LogP contribution in [0.4, 0.5) is 16.3 Å². The number of nitrogens with zero attached hydrogens (tertiary/aromatic N) is 4. The van der Waals surface area contributed by atoms with Gasteiger partial charge in [-0.1, -0.05) is 6.07 Å². The molecule has 0 bridgehead atoms. The fraction of sp³-hybridized carbons (Fsp3) is 0.391. The van der Waals surface area contributed by atoms with E-state index in [1.54, 1.807) is 18.2 Å². The summed E-state index contributed by atoms with van der Waals surface area (Å²) in [7, 11) is 0. The predicted molar refractivity (Wildman–Crippen MR) is 120 cm³/mol. The van der Waals surface area contributed by atoms with E-state index in [0.29, 0.717) is 36.7 Å². The van der Waals surface area contributed by atoms with E-state index in [1.807, 2.05) is 18.3 Å². The minimum atomic E-state index is -0.993. The van der Waals surface area contributed by atoms with Crippen LogP contribution >= 0.6 is 0 Å². The summed E-state index contributed by atoms with van der Waals surface area (Å²) in [5.74, 6) is 1.05. The molecule has 32 heavy (non-hydrogen) atoms. The summed E-state index contributed by atoms with van der Waals surface area (Å²) in [6, 6.07) is 8.56. The van der Waals surface area contributed by atoms with E-state index >= 15 is 0 Å². The van der Waals surface area contributed by atoms with Crippen LogP contribution < -0.4 is 9.64 Å². The number of carbonyl (C=O) groups is 1. The number of likely N-dealkylation sites (tertiary alicyclic amines) is 1. The molecule has 1 N–H and O–H groups in total. The van der Waals surface area contributed by atoms with Crippen molar-refractivity contribution in [2.45, 2.75) is 32.1 Å². The lowest BCUT2D eigenvalue weighted by molar-refractivity contribution is -0.385. The molecule has 0 spiro atoms. The van der Waals surface area contributed by atoms with Crippen molar-refractivity contribution < 1.29 is 19.6 Å². The Morgan fingerprint density at radius 2 is 2.00 bits per heavy atom. The number of aromatic nitrogens is 1. The molecule has 0 aliphatic carbocycles. The molecular weight excluding hydrogens is 412 g/mol. The summed E-state index contributed by atoms with van der Waals surface area (Å²) in [6.45, 7) is 2.71. The molecule has 9 nitrogen and oxygen atoms in total. The molecule has 2 aromatic rings. The average molecular weight is 438 g/mol. The van der Waals surface area contributed by atoms with Crippen LogP contribution in [0.2, 0.25) is 0 Å². The highest BCUT2D eigenvalue weighted by Crippen LogP contribution is 2.27. The molecule has 2 aliphatic heterocycles. The van der Waals surface area contributed by atoms with Crippen LogP contribution in [0.25, 0.3) is 6.08 Å². The highest BCUT2D eigenvalue weighted by molar-refractivity contribution is 5.86. The minimum Gasteiger partial charge on any atom is -0.493 e. The third-order valence-corrected chi connectivity index (χ3v) is 5.76. The van der Waals surface area contributed by atoms with E-state index in [-0.39, 0.29) is 5.69 Å². The number of anilines is 1. The molecular formula is C23H26N4O5. The van der Waals surface area contributed by atoms with Gasteiger partial charge in [0.2, 0.25) is 0 Å². The lowest BCUT2D eigenvalue weighted by Crippen LogP contribution is -2.35. The largest absolute Gasteiger partial charge is 0.493 e. The number of ether oxygens (including phenoxy) is 1. The van der Waals surface area contributed by atoms with E-state index in [1.165, 1.54) is 11.0 Å². The number of benzene rings is 1. The third kappa shape index (κ3) is 4.99. The maximum Gasteiger partial charge on any atom is 0.413 e. The van der Waals surface area contributed by atoms with Crippen LogP contribution in [0.3, 0.4) is 0 Å². The Labute approximate surface area is 186 Å². The zero-order valence-electron chi connectivity index (χ0n) is 17.8. The molecule has 0 unspecified atom stereocenters. The first-order valence-electron chi connectivity index (χ1n) is 10.8. The topological polar surface area (TPSA) is 109 Å². The van der Waals surface area contributed by atoms with Gasteiger partial charge >= 0.3 is 6.09 Å². The summed E-state index contributed by atoms with van der Waals surface area (Å²) in [4.78, 5) is 30.4. The quantitative estimate of drug-likeness (QED) is 0.512. The van der Waals surface area contributed by atoms with Crippen molar-refractivity contribution in [3.63, 3.8) is 0 Å². The molecule has 1 aromatic carbocycles. The van der Waals surface area contributed by atoms with E-state index < -0.39 is 11.0 Å². The highest BCUT2D eigenvalue weighted by Gasteiger charge is 2.23. The van der Waals surface area contributed by atoms with E-state index in [4.69, 9.17) is 4.74 Å². The van der Waals surface area contributed by atoms with Gasteiger partial charge in [-0.25, -0.2) is 9.78 Å². The minimum absolute atomic E-state index is 0.0397. The number of nitro groups is 1. The number of carboxylic acid groups (broad SMARTS) is 1. The van der Waals surface area contributed by atoms with Gasteiger partial charge in [0.15, 0.2) is 0 Å². The molecule has 0 saturated carbocycles. The van der Waals surface area contributed by atoms with Gasteiger partial charge in [0.05, 0.1) is 17.1 Å². The second kappa shape index (κ2) is 9.67. The van der Waals surface area contributed by atoms with Crippen molar-refractivity contribution in [1.82, 2.24) is 9.88 Å². The Kier molecular flexibility index (Phi) is 6.53. The lowest BCUT2D eigenvalue weighted by atomic mass is 10.1. The number of hydrogen-bond acceptors (Lipinski definition) is 6. The summed E-state index contributed by atoms with van der Waals surface area (Å²) >= 11 is 0. The molecule has 2 aliphatic rings. The molecule has 1 aromatic heterocycles. The van der Waals surface area contributed by atoms with Crippen molar-refractivity contribution in [1.29, 1.82) is 0 Å². The Morgan fingerprint density at radius 1 is 1.19 bits per heavy atom. The Balaban J connectivity index is 1.43. The summed E-state index contributed by atoms with van der Waals surface area (Å²) < 4.78 is 5.84. The average Bonchev–Trinajstić information content (AvgIpc) is 3.31. The van der Waals surface area contributed by atoms with Crippen molar-refractivity contribution in [2.24, 2.45) is 0 Å². The van der Waals surface area contributed by atoms with Crippen molar-refractivity contribution in [3.8, 4) is 5.75 Å². The summed E-state index contributed by atoms with van der Waals surface area (Å²) in [5, 5.41) is 20.8. The molecule has 3 heterocycles. The van der Waals surface area contributed by atoms with Gasteiger partial charge in [0, 0.05) is 37.8 Å². The van der Waals surface area contributed by atoms with Crippen LogP contribution in [0.15, 0.2) is 36.5 Å². The second-order valence-corrected chi connectivity index (χ2v) is 7.96. The number of nitro benzene ring substituents is 1. The summed E-state index contributed by atoms with van der Waals surface area (Å²) in [5.41, 5.74) is 2.22. The number of fused-ring (bicyclic) bond motifs is 1. The van der Waals surface area contributed by atoms with E-state index in [0.717, 1.165) is 50.0 Å². The van der Waals surface area contributed by atoms with Crippen LogP contribution in [-0.2, 0) is 12.8 Å². The van der Waals surface area contributed by atoms with Gasteiger partial charge in [-0.3, -0.25) is 15.0 Å². The molecule has 168 valence electrons. The zero-order chi connectivity index (χ0) is 22.5. The van der Waals surface area contributed by atoms with Gasteiger partial charge in [-0.15, -0.1) is 0 Å². The smallest absolute Gasteiger partial charge is 0.413 e. The van der Waals surface area contributed by atoms with Crippen LogP contribution in [0.5, 0.6) is 5.75 Å². The maximum atomic E-state index is 11.5. The van der Waals surface area contributed by atoms with E-state index in [2.05, 4.69) is 9.88 Å². The molecule has 1 amide bonds. The molecule has 1 fully saturated rings. The number of hydrogen-bond donors (Lipinski definition) is 1. The fourth-order valence-electron chi connectivity index (χ4n) is 4.08. The predicted octanol–water partition coefficient (Wildman–Crippen LogP) is 4.11. The molecule has 4 rings (SSSR count). The Morgan fingerprint density at radius 3 is 2.75 bits per heavy atom. The standard InChI is InChI=1S/C23H26N4O5/c28-23(29)26-13-3-4-17-5-6-19(24-22(17)26)10-15-32-20-7-8-21(27(30)31)18(16-20)9-14-25-11-1-2-12-25/h5-9,14,16H,1-4,10-13,15H2,(H,28,29)/b14-9+. The van der Waals surface area contributed by atoms with Gasteiger partial charge in [-0.2, -0.15) is 0 Å². The first-order valence-corrected chi connectivity index (χ1v) is 10.8. The monoisotopic (exact) mass is 438 g/mol. The first kappa shape index (κ1) is 21.6. The Bertz CT molecular complexity index is 1030. The van der Waals surface area contributed by atoms with Crippen molar-refractivity contribution >= 4 is 23.7 Å². The van der Waals surface area contributed by atoms with Crippen LogP contribution in [0, 0.1) is 10.1 Å². The lowest BCUT2D eigenvalue weighted by Gasteiger charge is -2.26. The van der Waals surface area contributed by atoms with Gasteiger partial charge in [0.25, 0.3) is 5.69 Å². The van der Waals surface area contributed by atoms with Crippen LogP contribution in [-0.4, -0.2) is 52.2 Å². The maximum absolute atomic E-state index is 11.5. The van der Waals surface area contributed by atoms with Crippen molar-refractivity contribution in [2.75, 3.05) is 31.1 Å². The van der Waals surface area contributed by atoms with E-state index in [9.17, 15) is 20.0 Å². The van der Waals surface area contributed by atoms with Crippen LogP contribution in [0.1, 0.15) is 36.1 Å². The fourth-order valence-corrected chi connectivity index (χ4v) is 4.08. The first-order chi connectivity index (χ1) is 15.5. The molecule has 9 heteroatoms. The highest BCUT2D eigenvalue weighted by atomic mass is 16.6. The number of rotatable bonds is 7. The molecule has 0 atom stereocenters. The number of pyridine rings is 1. The zero-order valence-corrected chi connectivity index (χ0v) is 17.8. The number of amides is 1. The van der Waals surface area contributed by atoms with Gasteiger partial charge in [0.1, 0.15) is 11.6 Å². The normalized spacial score (nSPS) is 15.8. The Hall–Kier alpha value is -3.62. The second-order valence-electron chi connectivity index (χ2n) is 7.96. The molecule has 0 radical (unpaired) electrons. The SMILES string of the molecule is O=C(O)N1CCCc2ccc(CCOc3ccc([N+](=O)[O-])c(/C=C/N4CCCC4)c3)nc21. The summed E-state index contributed by atoms with van der Waals surface area (Å²) in [6.07, 6.45) is 7.06. The van der Waals surface area contributed by atoms with Crippen molar-refractivity contribution in [3.05, 3.63) is 63.5 Å². The third-order valence-electron chi connectivity index (χ3n) is 5.76. The molecule has 1 saturated heterocycles. The van der Waals surface area contributed by atoms with Gasteiger partial charge < -0.3 is 14.7 Å². The number of aryl methyl sites for hydroxylation is 1. The van der Waals surface area contributed by atoms with Gasteiger partial charge in [-0.05, 0) is 61.7 Å².